The number of methoxy groups -OCH3 is 1. The summed E-state index contributed by atoms with van der Waals surface area (Å²) < 4.78 is 7.07. The third-order valence-corrected chi connectivity index (χ3v) is 6.99. The van der Waals surface area contributed by atoms with Crippen LogP contribution in [0.25, 0.3) is 11.3 Å². The Labute approximate surface area is 220 Å². The molecule has 0 aliphatic carbocycles. The molecule has 0 bridgehead atoms. The molecule has 4 aromatic rings. The minimum absolute atomic E-state index is 0.215. The van der Waals surface area contributed by atoms with Gasteiger partial charge in [0.05, 0.1) is 19.3 Å². The number of nitrogens with one attached hydrogen (secondary N) is 1. The van der Waals surface area contributed by atoms with Crippen LogP contribution in [0.3, 0.4) is 0 Å². The number of fused-ring (bicyclic) bond motifs is 1. The Bertz CT molecular complexity index is 1440. The van der Waals surface area contributed by atoms with Crippen molar-refractivity contribution in [3.05, 3.63) is 107 Å². The molecule has 2 heterocycles. The van der Waals surface area contributed by atoms with Gasteiger partial charge in [-0.3, -0.25) is 14.3 Å². The highest BCUT2D eigenvalue weighted by atomic mass is 35.5. The highest BCUT2D eigenvalue weighted by Crippen LogP contribution is 2.32. The van der Waals surface area contributed by atoms with E-state index in [-0.39, 0.29) is 31.4 Å². The molecule has 1 atom stereocenters. The molecule has 1 aromatic heterocycles. The van der Waals surface area contributed by atoms with Crippen LogP contribution in [0.4, 0.5) is 0 Å². The molecule has 1 aliphatic heterocycles. The number of aromatic nitrogens is 2. The SMILES string of the molecule is COc1ccccc1CNC(=O)C1(C)Cn2nc(-c3ccccc3)cc2C(=O)N1Cc1ccc(Cl)cc1. The van der Waals surface area contributed by atoms with Gasteiger partial charge in [-0.15, -0.1) is 0 Å². The Morgan fingerprint density at radius 3 is 2.49 bits per heavy atom. The summed E-state index contributed by atoms with van der Waals surface area (Å²) in [6, 6.07) is 26.3. The summed E-state index contributed by atoms with van der Waals surface area (Å²) in [5, 5.41) is 8.33. The van der Waals surface area contributed by atoms with Crippen molar-refractivity contribution < 1.29 is 14.3 Å². The molecule has 7 nitrogen and oxygen atoms in total. The number of nitrogens with zero attached hydrogens (tertiary/aromatic N) is 3. The standard InChI is InChI=1S/C29H27ClN4O3/c1-29(28(36)31-17-22-10-6-7-11-26(22)37-2)19-34-25(16-24(32-34)21-8-4-3-5-9-21)27(35)33(29)18-20-12-14-23(30)15-13-20/h3-16H,17-19H2,1-2H3,(H,31,36). The lowest BCUT2D eigenvalue weighted by atomic mass is 9.94. The van der Waals surface area contributed by atoms with E-state index in [1.165, 1.54) is 0 Å². The van der Waals surface area contributed by atoms with E-state index in [1.54, 1.807) is 41.8 Å². The second-order valence-corrected chi connectivity index (χ2v) is 9.66. The van der Waals surface area contributed by atoms with Gasteiger partial charge < -0.3 is 15.0 Å². The molecule has 0 saturated carbocycles. The van der Waals surface area contributed by atoms with Gasteiger partial charge in [-0.1, -0.05) is 72.3 Å². The molecular formula is C29H27ClN4O3. The summed E-state index contributed by atoms with van der Waals surface area (Å²) in [5.74, 6) is 0.154. The minimum atomic E-state index is -1.19. The normalized spacial score (nSPS) is 16.8. The number of halogens is 1. The van der Waals surface area contributed by atoms with Crippen LogP contribution in [-0.4, -0.2) is 39.1 Å². The predicted molar refractivity (Wildman–Crippen MR) is 142 cm³/mol. The molecule has 0 fully saturated rings. The van der Waals surface area contributed by atoms with Crippen molar-refractivity contribution in [3.63, 3.8) is 0 Å². The summed E-state index contributed by atoms with van der Waals surface area (Å²) in [5.41, 5.74) is 2.57. The van der Waals surface area contributed by atoms with Crippen molar-refractivity contribution in [2.24, 2.45) is 0 Å². The number of benzene rings is 3. The lowest BCUT2D eigenvalue weighted by Crippen LogP contribution is -2.63. The van der Waals surface area contributed by atoms with Gasteiger partial charge in [-0.2, -0.15) is 5.10 Å². The Kier molecular flexibility index (Phi) is 6.72. The van der Waals surface area contributed by atoms with Gasteiger partial charge in [-0.05, 0) is 36.8 Å². The zero-order valence-electron chi connectivity index (χ0n) is 20.6. The van der Waals surface area contributed by atoms with Gasteiger partial charge in [0, 0.05) is 29.2 Å². The lowest BCUT2D eigenvalue weighted by molar-refractivity contribution is -0.133. The topological polar surface area (TPSA) is 76.5 Å². The zero-order chi connectivity index (χ0) is 26.0. The Hall–Kier alpha value is -4.10. The first-order valence-electron chi connectivity index (χ1n) is 12.0. The third kappa shape index (κ3) is 4.82. The van der Waals surface area contributed by atoms with Gasteiger partial charge in [0.15, 0.2) is 0 Å². The minimum Gasteiger partial charge on any atom is -0.496 e. The molecule has 0 spiro atoms. The van der Waals surface area contributed by atoms with E-state index in [9.17, 15) is 9.59 Å². The summed E-state index contributed by atoms with van der Waals surface area (Å²) in [6.07, 6.45) is 0. The van der Waals surface area contributed by atoms with Crippen LogP contribution in [0, 0.1) is 0 Å². The third-order valence-electron chi connectivity index (χ3n) is 6.74. The van der Waals surface area contributed by atoms with Crippen molar-refractivity contribution >= 4 is 23.4 Å². The number of amides is 2. The number of rotatable bonds is 7. The van der Waals surface area contributed by atoms with Crippen molar-refractivity contribution in [3.8, 4) is 17.0 Å². The van der Waals surface area contributed by atoms with E-state index in [1.807, 2.05) is 66.7 Å². The molecule has 1 unspecified atom stereocenters. The van der Waals surface area contributed by atoms with Gasteiger partial charge >= 0.3 is 0 Å². The second-order valence-electron chi connectivity index (χ2n) is 9.22. The fourth-order valence-corrected chi connectivity index (χ4v) is 4.75. The average Bonchev–Trinajstić information content (AvgIpc) is 3.35. The van der Waals surface area contributed by atoms with Crippen LogP contribution in [0.15, 0.2) is 84.9 Å². The van der Waals surface area contributed by atoms with E-state index in [4.69, 9.17) is 21.4 Å². The molecule has 1 aliphatic rings. The van der Waals surface area contributed by atoms with E-state index >= 15 is 0 Å². The second kappa shape index (κ2) is 10.1. The Morgan fingerprint density at radius 2 is 1.76 bits per heavy atom. The zero-order valence-corrected chi connectivity index (χ0v) is 21.4. The fraction of sp³-hybridized carbons (Fsp3) is 0.207. The largest absolute Gasteiger partial charge is 0.496 e. The van der Waals surface area contributed by atoms with Crippen LogP contribution in [-0.2, 0) is 24.4 Å². The number of hydrogen-bond acceptors (Lipinski definition) is 4. The molecule has 37 heavy (non-hydrogen) atoms. The summed E-state index contributed by atoms with van der Waals surface area (Å²) in [4.78, 5) is 29.3. The molecule has 0 radical (unpaired) electrons. The molecule has 188 valence electrons. The van der Waals surface area contributed by atoms with Gasteiger partial charge in [0.1, 0.15) is 17.0 Å². The molecule has 3 aromatic carbocycles. The first-order chi connectivity index (χ1) is 17.9. The van der Waals surface area contributed by atoms with Crippen LogP contribution in [0.5, 0.6) is 5.75 Å². The number of para-hydroxylation sites is 1. The van der Waals surface area contributed by atoms with Crippen molar-refractivity contribution in [2.75, 3.05) is 7.11 Å². The highest BCUT2D eigenvalue weighted by molar-refractivity contribution is 6.30. The maximum absolute atomic E-state index is 13.9. The molecule has 5 rings (SSSR count). The van der Waals surface area contributed by atoms with Crippen LogP contribution < -0.4 is 10.1 Å². The van der Waals surface area contributed by atoms with Gasteiger partial charge in [0.25, 0.3) is 5.91 Å². The van der Waals surface area contributed by atoms with E-state index in [0.717, 1.165) is 16.7 Å². The van der Waals surface area contributed by atoms with Crippen LogP contribution in [0.1, 0.15) is 28.5 Å². The van der Waals surface area contributed by atoms with Gasteiger partial charge in [-0.25, -0.2) is 0 Å². The monoisotopic (exact) mass is 514 g/mol. The molecule has 1 N–H and O–H groups in total. The Balaban J connectivity index is 1.49. The van der Waals surface area contributed by atoms with Crippen molar-refractivity contribution in [2.45, 2.75) is 32.1 Å². The summed E-state index contributed by atoms with van der Waals surface area (Å²) in [7, 11) is 1.60. The maximum Gasteiger partial charge on any atom is 0.273 e. The number of hydrogen-bond donors (Lipinski definition) is 1. The highest BCUT2D eigenvalue weighted by Gasteiger charge is 2.48. The van der Waals surface area contributed by atoms with Crippen molar-refractivity contribution in [1.82, 2.24) is 20.0 Å². The van der Waals surface area contributed by atoms with E-state index < -0.39 is 5.54 Å². The molecule has 0 saturated heterocycles. The smallest absolute Gasteiger partial charge is 0.273 e. The number of carbonyl (C=O) groups excluding carboxylic acids is 2. The van der Waals surface area contributed by atoms with E-state index in [0.29, 0.717) is 22.2 Å². The molecule has 8 heteroatoms. The first kappa shape index (κ1) is 24.6. The van der Waals surface area contributed by atoms with E-state index in [2.05, 4.69) is 5.32 Å². The molecular weight excluding hydrogens is 488 g/mol. The Morgan fingerprint density at radius 1 is 1.05 bits per heavy atom. The predicted octanol–water partition coefficient (Wildman–Crippen LogP) is 4.94. The number of carbonyl (C=O) groups is 2. The maximum atomic E-state index is 13.9. The van der Waals surface area contributed by atoms with Crippen LogP contribution in [0.2, 0.25) is 5.02 Å². The first-order valence-corrected chi connectivity index (χ1v) is 12.4. The van der Waals surface area contributed by atoms with Crippen LogP contribution >= 0.6 is 11.6 Å². The quantitative estimate of drug-likeness (QED) is 0.379. The molecule has 2 amide bonds. The summed E-state index contributed by atoms with van der Waals surface area (Å²) >= 11 is 6.08. The average molecular weight is 515 g/mol. The van der Waals surface area contributed by atoms with Gasteiger partial charge in [0.2, 0.25) is 5.91 Å². The lowest BCUT2D eigenvalue weighted by Gasteiger charge is -2.43. The summed E-state index contributed by atoms with van der Waals surface area (Å²) in [6.45, 7) is 2.51. The van der Waals surface area contributed by atoms with Crippen molar-refractivity contribution in [1.29, 1.82) is 0 Å². The fourth-order valence-electron chi connectivity index (χ4n) is 4.63. The number of ether oxygens (including phenoxy) is 1.